The molecule has 1 aliphatic rings. The Morgan fingerprint density at radius 2 is 1.86 bits per heavy atom. The Labute approximate surface area is 134 Å². The standard InChI is InChI=1S/C18H32N2S/c1-14(2)19-12-16-6-7-17(21-16)13-20(5)15-8-10-18(3,4)11-9-15/h6-7,14-15,19H,8-13H2,1-5H3. The summed E-state index contributed by atoms with van der Waals surface area (Å²) in [6.45, 7) is 11.3. The van der Waals surface area contributed by atoms with Gasteiger partial charge in [0.2, 0.25) is 0 Å². The summed E-state index contributed by atoms with van der Waals surface area (Å²) in [5.74, 6) is 0. The van der Waals surface area contributed by atoms with E-state index in [2.05, 4.69) is 57.1 Å². The quantitative estimate of drug-likeness (QED) is 0.823. The molecule has 0 radical (unpaired) electrons. The van der Waals surface area contributed by atoms with Gasteiger partial charge in [0.05, 0.1) is 0 Å². The minimum absolute atomic E-state index is 0.559. The molecule has 0 amide bonds. The lowest BCUT2D eigenvalue weighted by atomic mass is 9.75. The third-order valence-corrected chi connectivity index (χ3v) is 5.81. The fourth-order valence-electron chi connectivity index (χ4n) is 3.11. The largest absolute Gasteiger partial charge is 0.310 e. The monoisotopic (exact) mass is 308 g/mol. The molecule has 0 unspecified atom stereocenters. The summed E-state index contributed by atoms with van der Waals surface area (Å²) < 4.78 is 0. The van der Waals surface area contributed by atoms with Crippen LogP contribution < -0.4 is 5.32 Å². The number of hydrogen-bond acceptors (Lipinski definition) is 3. The summed E-state index contributed by atoms with van der Waals surface area (Å²) in [4.78, 5) is 5.53. The molecule has 0 atom stereocenters. The Morgan fingerprint density at radius 1 is 1.24 bits per heavy atom. The molecular formula is C18H32N2S. The van der Waals surface area contributed by atoms with E-state index in [1.807, 2.05) is 11.3 Å². The molecule has 1 saturated carbocycles. The van der Waals surface area contributed by atoms with Gasteiger partial charge < -0.3 is 5.32 Å². The Balaban J connectivity index is 1.81. The van der Waals surface area contributed by atoms with Crippen LogP contribution in [0, 0.1) is 5.41 Å². The van der Waals surface area contributed by atoms with Crippen LogP contribution in [-0.4, -0.2) is 24.0 Å². The molecule has 1 aliphatic carbocycles. The average molecular weight is 309 g/mol. The van der Waals surface area contributed by atoms with Crippen molar-refractivity contribution in [1.82, 2.24) is 10.2 Å². The fraction of sp³-hybridized carbons (Fsp3) is 0.778. The Bertz CT molecular complexity index is 426. The van der Waals surface area contributed by atoms with Crippen molar-refractivity contribution in [2.45, 2.75) is 78.6 Å². The van der Waals surface area contributed by atoms with Gasteiger partial charge in [-0.05, 0) is 50.3 Å². The third kappa shape index (κ3) is 5.39. The molecular weight excluding hydrogens is 276 g/mol. The number of nitrogens with zero attached hydrogens (tertiary/aromatic N) is 1. The Kier molecular flexibility index (Phi) is 5.87. The topological polar surface area (TPSA) is 15.3 Å². The van der Waals surface area contributed by atoms with E-state index in [0.717, 1.165) is 19.1 Å². The number of nitrogens with one attached hydrogen (secondary N) is 1. The van der Waals surface area contributed by atoms with Crippen LogP contribution in [0.5, 0.6) is 0 Å². The minimum Gasteiger partial charge on any atom is -0.310 e. The van der Waals surface area contributed by atoms with Gasteiger partial charge in [0.25, 0.3) is 0 Å². The highest BCUT2D eigenvalue weighted by atomic mass is 32.1. The first kappa shape index (κ1) is 17.0. The lowest BCUT2D eigenvalue weighted by molar-refractivity contribution is 0.124. The summed E-state index contributed by atoms with van der Waals surface area (Å²) >= 11 is 1.96. The molecule has 1 aromatic rings. The van der Waals surface area contributed by atoms with Crippen LogP contribution in [0.15, 0.2) is 12.1 Å². The van der Waals surface area contributed by atoms with Crippen molar-refractivity contribution in [1.29, 1.82) is 0 Å². The zero-order chi connectivity index (χ0) is 15.5. The van der Waals surface area contributed by atoms with Crippen LogP contribution in [0.25, 0.3) is 0 Å². The Hall–Kier alpha value is -0.380. The molecule has 0 saturated heterocycles. The maximum Gasteiger partial charge on any atom is 0.0327 e. The van der Waals surface area contributed by atoms with Gasteiger partial charge in [-0.15, -0.1) is 11.3 Å². The van der Waals surface area contributed by atoms with Gasteiger partial charge in [0.15, 0.2) is 0 Å². The molecule has 3 heteroatoms. The third-order valence-electron chi connectivity index (χ3n) is 4.74. The van der Waals surface area contributed by atoms with E-state index in [0.29, 0.717) is 11.5 Å². The summed E-state index contributed by atoms with van der Waals surface area (Å²) in [7, 11) is 2.30. The van der Waals surface area contributed by atoms with E-state index in [4.69, 9.17) is 0 Å². The maximum atomic E-state index is 3.50. The molecule has 2 rings (SSSR count). The van der Waals surface area contributed by atoms with E-state index in [9.17, 15) is 0 Å². The molecule has 0 aliphatic heterocycles. The lowest BCUT2D eigenvalue weighted by Crippen LogP contribution is -2.36. The number of thiophene rings is 1. The second-order valence-electron chi connectivity index (χ2n) is 7.71. The van der Waals surface area contributed by atoms with E-state index < -0.39 is 0 Å². The van der Waals surface area contributed by atoms with Gasteiger partial charge in [-0.3, -0.25) is 4.90 Å². The van der Waals surface area contributed by atoms with Crippen molar-refractivity contribution in [2.24, 2.45) is 5.41 Å². The molecule has 1 heterocycles. The second kappa shape index (κ2) is 7.26. The van der Waals surface area contributed by atoms with E-state index >= 15 is 0 Å². The van der Waals surface area contributed by atoms with Crippen LogP contribution >= 0.6 is 11.3 Å². The zero-order valence-electron chi connectivity index (χ0n) is 14.4. The van der Waals surface area contributed by atoms with Crippen LogP contribution in [0.4, 0.5) is 0 Å². The average Bonchev–Trinajstić information content (AvgIpc) is 2.83. The maximum absolute atomic E-state index is 3.50. The van der Waals surface area contributed by atoms with Crippen molar-refractivity contribution in [2.75, 3.05) is 7.05 Å². The smallest absolute Gasteiger partial charge is 0.0327 e. The normalized spacial score (nSPS) is 19.6. The molecule has 0 spiro atoms. The van der Waals surface area contributed by atoms with E-state index in [1.54, 1.807) is 0 Å². The van der Waals surface area contributed by atoms with Crippen molar-refractivity contribution >= 4 is 11.3 Å². The molecule has 2 nitrogen and oxygen atoms in total. The first-order valence-electron chi connectivity index (χ1n) is 8.37. The minimum atomic E-state index is 0.559. The molecule has 120 valence electrons. The van der Waals surface area contributed by atoms with Crippen molar-refractivity contribution in [3.8, 4) is 0 Å². The van der Waals surface area contributed by atoms with Gasteiger partial charge in [0.1, 0.15) is 0 Å². The van der Waals surface area contributed by atoms with Crippen molar-refractivity contribution in [3.63, 3.8) is 0 Å². The molecule has 1 aromatic heterocycles. The first-order chi connectivity index (χ1) is 9.85. The van der Waals surface area contributed by atoms with Gasteiger partial charge >= 0.3 is 0 Å². The van der Waals surface area contributed by atoms with Gasteiger partial charge in [-0.2, -0.15) is 0 Å². The summed E-state index contributed by atoms with van der Waals surface area (Å²) in [5.41, 5.74) is 0.565. The highest BCUT2D eigenvalue weighted by Gasteiger charge is 2.28. The highest BCUT2D eigenvalue weighted by molar-refractivity contribution is 7.11. The predicted octanol–water partition coefficient (Wildman–Crippen LogP) is 4.65. The predicted molar refractivity (Wildman–Crippen MR) is 93.8 cm³/mol. The summed E-state index contributed by atoms with van der Waals surface area (Å²) in [6.07, 6.45) is 5.46. The zero-order valence-corrected chi connectivity index (χ0v) is 15.2. The van der Waals surface area contributed by atoms with Crippen LogP contribution in [0.1, 0.15) is 63.1 Å². The molecule has 21 heavy (non-hydrogen) atoms. The molecule has 1 N–H and O–H groups in total. The molecule has 0 aromatic carbocycles. The van der Waals surface area contributed by atoms with Crippen LogP contribution in [-0.2, 0) is 13.1 Å². The first-order valence-corrected chi connectivity index (χ1v) is 9.18. The van der Waals surface area contributed by atoms with Gasteiger partial charge in [-0.1, -0.05) is 27.7 Å². The SMILES string of the molecule is CC(C)NCc1ccc(CN(C)C2CCC(C)(C)CC2)s1. The summed E-state index contributed by atoms with van der Waals surface area (Å²) in [5, 5.41) is 3.50. The number of hydrogen-bond donors (Lipinski definition) is 1. The highest BCUT2D eigenvalue weighted by Crippen LogP contribution is 2.37. The van der Waals surface area contributed by atoms with Gasteiger partial charge in [-0.25, -0.2) is 0 Å². The van der Waals surface area contributed by atoms with Crippen LogP contribution in [0.3, 0.4) is 0 Å². The van der Waals surface area contributed by atoms with Crippen molar-refractivity contribution < 1.29 is 0 Å². The molecule has 0 bridgehead atoms. The van der Waals surface area contributed by atoms with E-state index in [-0.39, 0.29) is 0 Å². The number of rotatable bonds is 6. The fourth-order valence-corrected chi connectivity index (χ4v) is 4.14. The molecule has 1 fully saturated rings. The Morgan fingerprint density at radius 3 is 2.48 bits per heavy atom. The van der Waals surface area contributed by atoms with E-state index in [1.165, 1.54) is 35.4 Å². The van der Waals surface area contributed by atoms with Gasteiger partial charge in [0, 0.05) is 34.9 Å². The second-order valence-corrected chi connectivity index (χ2v) is 8.97. The van der Waals surface area contributed by atoms with Crippen molar-refractivity contribution in [3.05, 3.63) is 21.9 Å². The summed E-state index contributed by atoms with van der Waals surface area (Å²) in [6, 6.07) is 5.93. The van der Waals surface area contributed by atoms with Crippen LogP contribution in [0.2, 0.25) is 0 Å². The lowest BCUT2D eigenvalue weighted by Gasteiger charge is -2.38.